The standard InChI is InChI=1S/C19H21N3O4/c1-2-20-19(25)22-16(23)11-26-18(24)17-12-7-3-5-9-14(12)21-15-10-6-4-8-13(15)17/h3,5,7,9H,2,4,6,8,10-11H2,1H3,(H2,20,22,23,25). The molecule has 2 N–H and O–H groups in total. The maximum atomic E-state index is 12.7. The molecule has 136 valence electrons. The summed E-state index contributed by atoms with van der Waals surface area (Å²) in [4.78, 5) is 40.5. The van der Waals surface area contributed by atoms with Crippen LogP contribution < -0.4 is 10.6 Å². The second-order valence-electron chi connectivity index (χ2n) is 6.12. The molecular weight excluding hydrogens is 334 g/mol. The van der Waals surface area contributed by atoms with Crippen LogP contribution in [0.25, 0.3) is 10.9 Å². The number of benzene rings is 1. The first-order valence-electron chi connectivity index (χ1n) is 8.75. The molecule has 0 saturated heterocycles. The second kappa shape index (κ2) is 7.95. The molecule has 1 aliphatic carbocycles. The molecule has 7 heteroatoms. The molecule has 0 aliphatic heterocycles. The molecule has 0 fully saturated rings. The molecule has 0 saturated carbocycles. The Morgan fingerprint density at radius 3 is 2.73 bits per heavy atom. The quantitative estimate of drug-likeness (QED) is 0.819. The molecule has 3 amide bonds. The van der Waals surface area contributed by atoms with Gasteiger partial charge in [-0.1, -0.05) is 18.2 Å². The van der Waals surface area contributed by atoms with E-state index >= 15 is 0 Å². The monoisotopic (exact) mass is 355 g/mol. The zero-order valence-corrected chi connectivity index (χ0v) is 14.6. The fourth-order valence-electron chi connectivity index (χ4n) is 3.18. The van der Waals surface area contributed by atoms with Gasteiger partial charge in [0.05, 0.1) is 11.1 Å². The van der Waals surface area contributed by atoms with Crippen LogP contribution in [0.4, 0.5) is 4.79 Å². The highest BCUT2D eigenvalue weighted by Crippen LogP contribution is 2.29. The average Bonchev–Trinajstić information content (AvgIpc) is 2.64. The van der Waals surface area contributed by atoms with Crippen LogP contribution >= 0.6 is 0 Å². The van der Waals surface area contributed by atoms with E-state index in [9.17, 15) is 14.4 Å². The smallest absolute Gasteiger partial charge is 0.339 e. The molecule has 0 bridgehead atoms. The Bertz CT molecular complexity index is 863. The molecular formula is C19H21N3O4. The van der Waals surface area contributed by atoms with Crippen LogP contribution in [-0.4, -0.2) is 36.0 Å². The van der Waals surface area contributed by atoms with Crippen LogP contribution in [0.3, 0.4) is 0 Å². The summed E-state index contributed by atoms with van der Waals surface area (Å²) >= 11 is 0. The number of carbonyl (C=O) groups excluding carboxylic acids is 3. The summed E-state index contributed by atoms with van der Waals surface area (Å²) in [5.41, 5.74) is 3.06. The van der Waals surface area contributed by atoms with Gasteiger partial charge in [-0.05, 0) is 44.2 Å². The number of fused-ring (bicyclic) bond motifs is 2. The second-order valence-corrected chi connectivity index (χ2v) is 6.12. The Morgan fingerprint density at radius 2 is 1.92 bits per heavy atom. The molecule has 1 aromatic carbocycles. The van der Waals surface area contributed by atoms with Crippen molar-refractivity contribution in [2.24, 2.45) is 0 Å². The Balaban J connectivity index is 1.81. The van der Waals surface area contributed by atoms with Crippen molar-refractivity contribution < 1.29 is 19.1 Å². The maximum Gasteiger partial charge on any atom is 0.339 e. The predicted octanol–water partition coefficient (Wildman–Crippen LogP) is 2.12. The van der Waals surface area contributed by atoms with Crippen LogP contribution in [0.15, 0.2) is 24.3 Å². The van der Waals surface area contributed by atoms with Gasteiger partial charge in [0.2, 0.25) is 0 Å². The van der Waals surface area contributed by atoms with E-state index in [0.29, 0.717) is 12.1 Å². The first-order chi connectivity index (χ1) is 12.6. The lowest BCUT2D eigenvalue weighted by molar-refractivity contribution is -0.123. The van der Waals surface area contributed by atoms with Crippen LogP contribution in [0.1, 0.15) is 41.4 Å². The molecule has 7 nitrogen and oxygen atoms in total. The van der Waals surface area contributed by atoms with Crippen LogP contribution in [-0.2, 0) is 22.4 Å². The fourth-order valence-corrected chi connectivity index (χ4v) is 3.18. The van der Waals surface area contributed by atoms with Gasteiger partial charge in [-0.2, -0.15) is 0 Å². The van der Waals surface area contributed by atoms with Crippen LogP contribution in [0, 0.1) is 0 Å². The summed E-state index contributed by atoms with van der Waals surface area (Å²) < 4.78 is 5.18. The van der Waals surface area contributed by atoms with Gasteiger partial charge in [0.15, 0.2) is 6.61 Å². The Hall–Kier alpha value is -2.96. The summed E-state index contributed by atoms with van der Waals surface area (Å²) in [6, 6.07) is 6.81. The number of urea groups is 1. The number of nitrogens with one attached hydrogen (secondary N) is 2. The SMILES string of the molecule is CCNC(=O)NC(=O)COC(=O)c1c2c(nc3ccccc13)CCCC2. The zero-order valence-electron chi connectivity index (χ0n) is 14.6. The third-order valence-electron chi connectivity index (χ3n) is 4.30. The zero-order chi connectivity index (χ0) is 18.5. The minimum atomic E-state index is -0.670. The third-order valence-corrected chi connectivity index (χ3v) is 4.30. The fraction of sp³-hybridized carbons (Fsp3) is 0.368. The molecule has 2 aromatic rings. The van der Waals surface area contributed by atoms with E-state index in [0.717, 1.165) is 47.8 Å². The van der Waals surface area contributed by atoms with Crippen molar-refractivity contribution in [2.75, 3.05) is 13.2 Å². The largest absolute Gasteiger partial charge is 0.452 e. The predicted molar refractivity (Wildman–Crippen MR) is 95.9 cm³/mol. The van der Waals surface area contributed by atoms with Crippen LogP contribution in [0.5, 0.6) is 0 Å². The van der Waals surface area contributed by atoms with Crippen molar-refractivity contribution in [3.05, 3.63) is 41.1 Å². The Labute approximate surface area is 151 Å². The summed E-state index contributed by atoms with van der Waals surface area (Å²) in [6.45, 7) is 1.62. The van der Waals surface area contributed by atoms with Crippen molar-refractivity contribution in [3.8, 4) is 0 Å². The number of imide groups is 1. The highest BCUT2D eigenvalue weighted by atomic mass is 16.5. The van der Waals surface area contributed by atoms with Gasteiger partial charge in [-0.25, -0.2) is 9.59 Å². The molecule has 0 atom stereocenters. The third kappa shape index (κ3) is 3.82. The highest BCUT2D eigenvalue weighted by Gasteiger charge is 2.24. The van der Waals surface area contributed by atoms with Crippen molar-refractivity contribution >= 4 is 28.8 Å². The lowest BCUT2D eigenvalue weighted by Gasteiger charge is -2.19. The molecule has 0 radical (unpaired) electrons. The average molecular weight is 355 g/mol. The number of ether oxygens (including phenoxy) is 1. The normalized spacial score (nSPS) is 13.0. The number of nitrogens with zero attached hydrogens (tertiary/aromatic N) is 1. The van der Waals surface area contributed by atoms with Gasteiger partial charge in [0.25, 0.3) is 5.91 Å². The summed E-state index contributed by atoms with van der Waals surface area (Å²) in [5.74, 6) is -1.23. The number of amides is 3. The molecule has 1 aromatic heterocycles. The first kappa shape index (κ1) is 17.8. The van der Waals surface area contributed by atoms with E-state index in [1.165, 1.54) is 0 Å². The molecule has 3 rings (SSSR count). The number of hydrogen-bond acceptors (Lipinski definition) is 5. The maximum absolute atomic E-state index is 12.7. The number of aromatic nitrogens is 1. The van der Waals surface area contributed by atoms with E-state index in [1.807, 2.05) is 24.3 Å². The first-order valence-corrected chi connectivity index (χ1v) is 8.75. The molecule has 0 unspecified atom stereocenters. The number of esters is 1. The van der Waals surface area contributed by atoms with Crippen molar-refractivity contribution in [3.63, 3.8) is 0 Å². The van der Waals surface area contributed by atoms with Crippen molar-refractivity contribution in [1.29, 1.82) is 0 Å². The van der Waals surface area contributed by atoms with Gasteiger partial charge in [0, 0.05) is 17.6 Å². The van der Waals surface area contributed by atoms with E-state index in [1.54, 1.807) is 6.92 Å². The molecule has 1 aliphatic rings. The lowest BCUT2D eigenvalue weighted by atomic mass is 9.90. The summed E-state index contributed by atoms with van der Waals surface area (Å²) in [5, 5.41) is 5.27. The number of rotatable bonds is 4. The van der Waals surface area contributed by atoms with Gasteiger partial charge < -0.3 is 10.1 Å². The molecule has 0 spiro atoms. The van der Waals surface area contributed by atoms with E-state index in [4.69, 9.17) is 4.74 Å². The minimum absolute atomic E-state index is 0.397. The van der Waals surface area contributed by atoms with Gasteiger partial charge >= 0.3 is 12.0 Å². The number of carbonyl (C=O) groups is 3. The van der Waals surface area contributed by atoms with Gasteiger partial charge in [0.1, 0.15) is 0 Å². The lowest BCUT2D eigenvalue weighted by Crippen LogP contribution is -2.41. The van der Waals surface area contributed by atoms with Crippen LogP contribution in [0.2, 0.25) is 0 Å². The van der Waals surface area contributed by atoms with Gasteiger partial charge in [-0.3, -0.25) is 15.1 Å². The molecule has 26 heavy (non-hydrogen) atoms. The molecule has 1 heterocycles. The number of aryl methyl sites for hydroxylation is 1. The number of hydrogen-bond donors (Lipinski definition) is 2. The minimum Gasteiger partial charge on any atom is -0.452 e. The Kier molecular flexibility index (Phi) is 5.46. The summed E-state index contributed by atoms with van der Waals surface area (Å²) in [6.07, 6.45) is 3.63. The Morgan fingerprint density at radius 1 is 1.15 bits per heavy atom. The van der Waals surface area contributed by atoms with E-state index in [2.05, 4.69) is 15.6 Å². The number of para-hydroxylation sites is 1. The summed E-state index contributed by atoms with van der Waals surface area (Å²) in [7, 11) is 0. The highest BCUT2D eigenvalue weighted by molar-refractivity contribution is 6.06. The van der Waals surface area contributed by atoms with Gasteiger partial charge in [-0.15, -0.1) is 0 Å². The van der Waals surface area contributed by atoms with E-state index in [-0.39, 0.29) is 0 Å². The van der Waals surface area contributed by atoms with Crippen molar-refractivity contribution in [2.45, 2.75) is 32.6 Å². The van der Waals surface area contributed by atoms with Crippen molar-refractivity contribution in [1.82, 2.24) is 15.6 Å². The van der Waals surface area contributed by atoms with E-state index < -0.39 is 24.5 Å². The topological polar surface area (TPSA) is 97.4 Å². The number of pyridine rings is 1.